The van der Waals surface area contributed by atoms with E-state index in [2.05, 4.69) is 24.3 Å². The quantitative estimate of drug-likeness (QED) is 0.757. The predicted octanol–water partition coefficient (Wildman–Crippen LogP) is 2.41. The number of carbonyl (C=O) groups excluding carboxylic acids is 3. The third-order valence-corrected chi connectivity index (χ3v) is 5.98. The van der Waals surface area contributed by atoms with Gasteiger partial charge in [-0.3, -0.25) is 14.4 Å². The van der Waals surface area contributed by atoms with Crippen LogP contribution in [0.3, 0.4) is 0 Å². The molecule has 0 N–H and O–H groups in total. The molecule has 0 aromatic heterocycles. The van der Waals surface area contributed by atoms with Crippen molar-refractivity contribution in [2.75, 3.05) is 26.2 Å². The predicted molar refractivity (Wildman–Crippen MR) is 111 cm³/mol. The van der Waals surface area contributed by atoms with Crippen molar-refractivity contribution in [3.05, 3.63) is 48.0 Å². The van der Waals surface area contributed by atoms with Crippen molar-refractivity contribution in [3.8, 4) is 0 Å². The fourth-order valence-corrected chi connectivity index (χ4v) is 4.29. The number of benzene rings is 2. The summed E-state index contributed by atoms with van der Waals surface area (Å²) in [5.74, 6) is 0.154. The molecule has 0 aliphatic carbocycles. The molecule has 2 aromatic carbocycles. The highest BCUT2D eigenvalue weighted by atomic mass is 16.2. The molecule has 2 aliphatic heterocycles. The Morgan fingerprint density at radius 2 is 1.69 bits per heavy atom. The van der Waals surface area contributed by atoms with Crippen LogP contribution in [0.1, 0.15) is 31.7 Å². The number of hydrogen-bond acceptors (Lipinski definition) is 3. The van der Waals surface area contributed by atoms with Crippen LogP contribution in [0, 0.1) is 0 Å². The van der Waals surface area contributed by atoms with Crippen molar-refractivity contribution in [3.63, 3.8) is 0 Å². The molecule has 152 valence electrons. The summed E-state index contributed by atoms with van der Waals surface area (Å²) in [6, 6.07) is 13.8. The molecular formula is C23H27N3O3. The van der Waals surface area contributed by atoms with Crippen molar-refractivity contribution >= 4 is 28.5 Å². The number of amides is 3. The molecular weight excluding hydrogens is 366 g/mol. The molecule has 4 rings (SSSR count). The topological polar surface area (TPSA) is 60.9 Å². The van der Waals surface area contributed by atoms with E-state index >= 15 is 0 Å². The lowest BCUT2D eigenvalue weighted by Crippen LogP contribution is -2.58. The first kappa shape index (κ1) is 19.4. The second-order valence-electron chi connectivity index (χ2n) is 7.98. The van der Waals surface area contributed by atoms with Gasteiger partial charge in [0.05, 0.1) is 6.54 Å². The molecule has 6 heteroatoms. The van der Waals surface area contributed by atoms with E-state index in [0.717, 1.165) is 29.3 Å². The summed E-state index contributed by atoms with van der Waals surface area (Å²) in [4.78, 5) is 42.5. The molecule has 6 nitrogen and oxygen atoms in total. The molecule has 2 fully saturated rings. The van der Waals surface area contributed by atoms with Gasteiger partial charge < -0.3 is 14.7 Å². The third kappa shape index (κ3) is 4.11. The van der Waals surface area contributed by atoms with Crippen molar-refractivity contribution in [2.24, 2.45) is 0 Å². The lowest BCUT2D eigenvalue weighted by atomic mass is 10.1. The van der Waals surface area contributed by atoms with E-state index in [9.17, 15) is 14.4 Å². The highest BCUT2D eigenvalue weighted by molar-refractivity contribution is 5.94. The van der Waals surface area contributed by atoms with Gasteiger partial charge in [-0.05, 0) is 42.2 Å². The molecule has 29 heavy (non-hydrogen) atoms. The Labute approximate surface area is 171 Å². The molecule has 0 spiro atoms. The van der Waals surface area contributed by atoms with Crippen LogP contribution in [-0.4, -0.2) is 64.6 Å². The normalized spacial score (nSPS) is 20.2. The molecule has 2 heterocycles. The van der Waals surface area contributed by atoms with Crippen molar-refractivity contribution in [2.45, 2.75) is 38.8 Å². The van der Waals surface area contributed by atoms with Crippen molar-refractivity contribution in [1.82, 2.24) is 14.7 Å². The van der Waals surface area contributed by atoms with E-state index in [1.54, 1.807) is 16.7 Å². The van der Waals surface area contributed by atoms with Crippen LogP contribution in [0.2, 0.25) is 0 Å². The maximum atomic E-state index is 12.8. The van der Waals surface area contributed by atoms with Crippen LogP contribution in [0.5, 0.6) is 0 Å². The summed E-state index contributed by atoms with van der Waals surface area (Å²) in [6.45, 7) is 4.34. The minimum absolute atomic E-state index is 0.0156. The van der Waals surface area contributed by atoms with Gasteiger partial charge in [0.2, 0.25) is 17.7 Å². The summed E-state index contributed by atoms with van der Waals surface area (Å²) in [7, 11) is 0. The molecule has 2 saturated heterocycles. The number of carbonyl (C=O) groups is 3. The summed E-state index contributed by atoms with van der Waals surface area (Å²) in [5, 5.41) is 2.29. The van der Waals surface area contributed by atoms with Gasteiger partial charge in [0.25, 0.3) is 0 Å². The summed E-state index contributed by atoms with van der Waals surface area (Å²) in [5.41, 5.74) is 1.03. The molecule has 3 amide bonds. The molecule has 0 radical (unpaired) electrons. The maximum Gasteiger partial charge on any atom is 0.245 e. The minimum atomic E-state index is -0.476. The number of piperazine rings is 1. The van der Waals surface area contributed by atoms with Gasteiger partial charge in [-0.1, -0.05) is 36.4 Å². The van der Waals surface area contributed by atoms with Crippen LogP contribution in [-0.2, 0) is 20.9 Å². The summed E-state index contributed by atoms with van der Waals surface area (Å²) < 4.78 is 0. The smallest absolute Gasteiger partial charge is 0.245 e. The lowest BCUT2D eigenvalue weighted by molar-refractivity contribution is -0.155. The Morgan fingerprint density at radius 3 is 2.45 bits per heavy atom. The SMILES string of the molecule is C[C@H]1C(=O)N(CCCN2CCCC2=O)CC(=O)N1Cc1ccc2ccccc2c1. The van der Waals surface area contributed by atoms with E-state index < -0.39 is 6.04 Å². The van der Waals surface area contributed by atoms with Crippen LogP contribution in [0.4, 0.5) is 0 Å². The first-order valence-corrected chi connectivity index (χ1v) is 10.4. The Bertz CT molecular complexity index is 942. The van der Waals surface area contributed by atoms with Crippen LogP contribution in [0.25, 0.3) is 10.8 Å². The van der Waals surface area contributed by atoms with Gasteiger partial charge in [0.1, 0.15) is 6.04 Å². The Morgan fingerprint density at radius 1 is 0.931 bits per heavy atom. The van der Waals surface area contributed by atoms with Crippen molar-refractivity contribution < 1.29 is 14.4 Å². The van der Waals surface area contributed by atoms with Crippen LogP contribution in [0.15, 0.2) is 42.5 Å². The average Bonchev–Trinajstić information content (AvgIpc) is 3.13. The second kappa shape index (κ2) is 8.23. The minimum Gasteiger partial charge on any atom is -0.343 e. The molecule has 0 bridgehead atoms. The first-order chi connectivity index (χ1) is 14.0. The third-order valence-electron chi connectivity index (χ3n) is 5.98. The van der Waals surface area contributed by atoms with Gasteiger partial charge in [-0.2, -0.15) is 0 Å². The van der Waals surface area contributed by atoms with Gasteiger partial charge in [0.15, 0.2) is 0 Å². The van der Waals surface area contributed by atoms with Gasteiger partial charge in [0, 0.05) is 32.6 Å². The zero-order valence-corrected chi connectivity index (χ0v) is 16.8. The fraction of sp³-hybridized carbons (Fsp3) is 0.435. The highest BCUT2D eigenvalue weighted by Gasteiger charge is 2.36. The van der Waals surface area contributed by atoms with Crippen molar-refractivity contribution in [1.29, 1.82) is 0 Å². The van der Waals surface area contributed by atoms with Crippen LogP contribution < -0.4 is 0 Å². The zero-order valence-electron chi connectivity index (χ0n) is 16.8. The largest absolute Gasteiger partial charge is 0.343 e. The number of hydrogen-bond donors (Lipinski definition) is 0. The summed E-state index contributed by atoms with van der Waals surface area (Å²) in [6.07, 6.45) is 2.25. The number of nitrogens with zero attached hydrogens (tertiary/aromatic N) is 3. The molecule has 2 aromatic rings. The Balaban J connectivity index is 1.37. The number of fused-ring (bicyclic) bond motifs is 1. The lowest BCUT2D eigenvalue weighted by Gasteiger charge is -2.39. The molecule has 1 atom stereocenters. The van der Waals surface area contributed by atoms with E-state index in [1.807, 2.05) is 23.1 Å². The Hall–Kier alpha value is -2.89. The molecule has 2 aliphatic rings. The van der Waals surface area contributed by atoms with E-state index in [4.69, 9.17) is 0 Å². The standard InChI is InChI=1S/C23H27N3O3/c1-17-23(29)25(13-5-12-24-11-4-8-21(24)27)16-22(28)26(17)15-18-9-10-19-6-2-3-7-20(19)14-18/h2-3,6-7,9-10,14,17H,4-5,8,11-13,15-16H2,1H3/t17-/m0/s1. The number of likely N-dealkylation sites (tertiary alicyclic amines) is 1. The van der Waals surface area contributed by atoms with E-state index in [1.165, 1.54) is 0 Å². The first-order valence-electron chi connectivity index (χ1n) is 10.4. The summed E-state index contributed by atoms with van der Waals surface area (Å²) >= 11 is 0. The van der Waals surface area contributed by atoms with Gasteiger partial charge in [-0.25, -0.2) is 0 Å². The maximum absolute atomic E-state index is 12.8. The fourth-order valence-electron chi connectivity index (χ4n) is 4.29. The average molecular weight is 393 g/mol. The van der Waals surface area contributed by atoms with E-state index in [-0.39, 0.29) is 24.3 Å². The van der Waals surface area contributed by atoms with Gasteiger partial charge in [-0.15, -0.1) is 0 Å². The zero-order chi connectivity index (χ0) is 20.4. The second-order valence-corrected chi connectivity index (χ2v) is 7.98. The highest BCUT2D eigenvalue weighted by Crippen LogP contribution is 2.20. The van der Waals surface area contributed by atoms with E-state index in [0.29, 0.717) is 32.5 Å². The van der Waals surface area contributed by atoms with Gasteiger partial charge >= 0.3 is 0 Å². The van der Waals surface area contributed by atoms with Crippen LogP contribution >= 0.6 is 0 Å². The number of rotatable bonds is 6. The molecule has 0 saturated carbocycles. The molecule has 0 unspecified atom stereocenters. The monoisotopic (exact) mass is 393 g/mol. The Kier molecular flexibility index (Phi) is 5.51.